The van der Waals surface area contributed by atoms with Gasteiger partial charge in [-0.05, 0) is 6.07 Å². The topological polar surface area (TPSA) is 146 Å². The van der Waals surface area contributed by atoms with Gasteiger partial charge in [0.05, 0.1) is 32.1 Å². The van der Waals surface area contributed by atoms with Gasteiger partial charge in [0.25, 0.3) is 28.2 Å². The molecule has 0 bridgehead atoms. The van der Waals surface area contributed by atoms with Crippen LogP contribution in [0.15, 0.2) is 29.6 Å². The minimum Gasteiger partial charge on any atom is -0.478 e. The number of sulfonamides is 1. The molecule has 17 heteroatoms. The summed E-state index contributed by atoms with van der Waals surface area (Å²) in [5.41, 5.74) is 0.132. The Hall–Kier alpha value is -3.79. The van der Waals surface area contributed by atoms with Gasteiger partial charge in [0.15, 0.2) is 0 Å². The molecule has 0 aliphatic carbocycles. The number of benzene rings is 1. The van der Waals surface area contributed by atoms with E-state index in [1.807, 2.05) is 0 Å². The van der Waals surface area contributed by atoms with E-state index in [-0.39, 0.29) is 44.0 Å². The predicted molar refractivity (Wildman–Crippen MR) is 116 cm³/mol. The second kappa shape index (κ2) is 9.46. The molecule has 0 unspecified atom stereocenters. The van der Waals surface area contributed by atoms with Crippen molar-refractivity contribution >= 4 is 38.5 Å². The summed E-state index contributed by atoms with van der Waals surface area (Å²) in [7, 11) is -2.12. The summed E-state index contributed by atoms with van der Waals surface area (Å²) < 4.78 is 83.1. The van der Waals surface area contributed by atoms with Gasteiger partial charge < -0.3 is 19.2 Å². The molecule has 12 nitrogen and oxygen atoms in total. The molecule has 0 atom stereocenters. The van der Waals surface area contributed by atoms with Crippen molar-refractivity contribution in [2.45, 2.75) is 11.3 Å². The van der Waals surface area contributed by atoms with Gasteiger partial charge in [0.1, 0.15) is 28.0 Å². The Morgan fingerprint density at radius 1 is 1.17 bits per heavy atom. The zero-order chi connectivity index (χ0) is 25.3. The van der Waals surface area contributed by atoms with E-state index in [1.165, 1.54) is 12.4 Å². The zero-order valence-electron chi connectivity index (χ0n) is 17.8. The van der Waals surface area contributed by atoms with Crippen molar-refractivity contribution in [1.29, 1.82) is 0 Å². The van der Waals surface area contributed by atoms with Crippen molar-refractivity contribution in [1.82, 2.24) is 29.9 Å². The zero-order valence-corrected chi connectivity index (χ0v) is 19.4. The lowest BCUT2D eigenvalue weighted by atomic mass is 10.2. The number of nitrogens with zero attached hydrogens (tertiary/aromatic N) is 5. The lowest BCUT2D eigenvalue weighted by Gasteiger charge is -2.14. The summed E-state index contributed by atoms with van der Waals surface area (Å²) in [6, 6.07) is 0.930. The van der Waals surface area contributed by atoms with Crippen LogP contribution in [0.25, 0.3) is 16.6 Å². The summed E-state index contributed by atoms with van der Waals surface area (Å²) in [4.78, 5) is 11.1. The predicted octanol–water partition coefficient (Wildman–Crippen LogP) is 2.79. The summed E-state index contributed by atoms with van der Waals surface area (Å²) in [5.74, 6) is -2.51. The van der Waals surface area contributed by atoms with Crippen LogP contribution in [-0.4, -0.2) is 65.6 Å². The van der Waals surface area contributed by atoms with Gasteiger partial charge in [0.2, 0.25) is 11.7 Å². The highest BCUT2D eigenvalue weighted by Gasteiger charge is 2.27. The molecule has 35 heavy (non-hydrogen) atoms. The van der Waals surface area contributed by atoms with Crippen molar-refractivity contribution in [2.75, 3.05) is 25.5 Å². The fraction of sp³-hybridized carbons (Fsp3) is 0.222. The molecule has 0 saturated carbocycles. The van der Waals surface area contributed by atoms with E-state index in [1.54, 1.807) is 0 Å². The first kappa shape index (κ1) is 24.3. The average molecular weight is 534 g/mol. The smallest absolute Gasteiger partial charge is 0.272 e. The number of hydrogen-bond donors (Lipinski definition) is 2. The summed E-state index contributed by atoms with van der Waals surface area (Å²) in [5, 5.41) is 7.43. The number of fused-ring (bicyclic) bond motifs is 1. The summed E-state index contributed by atoms with van der Waals surface area (Å²) in [6.07, 6.45) is 0.967. The third-order valence-corrected chi connectivity index (χ3v) is 6.21. The van der Waals surface area contributed by atoms with Crippen molar-refractivity contribution < 1.29 is 35.8 Å². The Labute approximate surface area is 200 Å². The number of methoxy groups -OCH3 is 2. The molecule has 3 heterocycles. The summed E-state index contributed by atoms with van der Waals surface area (Å²) in [6.45, 7) is -1.00. The molecule has 0 aliphatic heterocycles. The number of halogens is 4. The number of alkyl halides is 2. The number of H-pyrrole nitrogens is 1. The highest BCUT2D eigenvalue weighted by Crippen LogP contribution is 2.37. The normalized spacial score (nSPS) is 11.7. The van der Waals surface area contributed by atoms with Gasteiger partial charge in [-0.3, -0.25) is 0 Å². The molecule has 186 valence electrons. The molecule has 3 aromatic heterocycles. The van der Waals surface area contributed by atoms with Crippen molar-refractivity contribution in [2.24, 2.45) is 0 Å². The first-order valence-corrected chi connectivity index (χ1v) is 11.3. The van der Waals surface area contributed by atoms with E-state index in [2.05, 4.69) is 29.9 Å². The molecule has 4 aromatic rings. The number of ether oxygens (including phenoxy) is 3. The standard InChI is InChI=1S/C18H15ClF3N7O5S/c1-32-16-15(34-7-11(21)22)17(33-2)27-18(26-16)28-35(30,31)10-6-23-13-8(10)5-9(20)12(19)14(13)29-24-3-4-25-29/h3-6,11,23H,7H2,1-2H3,(H,26,27,28). The Morgan fingerprint density at radius 2 is 1.80 bits per heavy atom. The Bertz CT molecular complexity index is 1460. The monoisotopic (exact) mass is 533 g/mol. The molecule has 0 radical (unpaired) electrons. The third kappa shape index (κ3) is 4.61. The largest absolute Gasteiger partial charge is 0.478 e. The molecule has 0 saturated heterocycles. The van der Waals surface area contributed by atoms with Gasteiger partial charge >= 0.3 is 0 Å². The van der Waals surface area contributed by atoms with Crippen LogP contribution >= 0.6 is 11.6 Å². The van der Waals surface area contributed by atoms with E-state index >= 15 is 0 Å². The minimum atomic E-state index is -4.44. The number of hydrogen-bond acceptors (Lipinski definition) is 9. The van der Waals surface area contributed by atoms with Crippen molar-refractivity contribution in [3.63, 3.8) is 0 Å². The molecule has 0 fully saturated rings. The number of anilines is 1. The molecule has 2 N–H and O–H groups in total. The van der Waals surface area contributed by atoms with Crippen LogP contribution in [0.4, 0.5) is 19.1 Å². The van der Waals surface area contributed by atoms with Gasteiger partial charge in [-0.15, -0.1) is 4.80 Å². The van der Waals surface area contributed by atoms with Gasteiger partial charge in [-0.25, -0.2) is 26.3 Å². The lowest BCUT2D eigenvalue weighted by Crippen LogP contribution is -2.16. The maximum Gasteiger partial charge on any atom is 0.272 e. The van der Waals surface area contributed by atoms with E-state index in [0.717, 1.165) is 31.3 Å². The maximum atomic E-state index is 14.6. The highest BCUT2D eigenvalue weighted by atomic mass is 35.5. The second-order valence-electron chi connectivity index (χ2n) is 6.62. The van der Waals surface area contributed by atoms with Crippen LogP contribution in [0.1, 0.15) is 0 Å². The Kier molecular flexibility index (Phi) is 6.58. The average Bonchev–Trinajstić information content (AvgIpc) is 3.48. The quantitative estimate of drug-likeness (QED) is 0.331. The molecule has 0 aliphatic rings. The van der Waals surface area contributed by atoms with E-state index in [0.29, 0.717) is 0 Å². The first-order chi connectivity index (χ1) is 16.7. The van der Waals surface area contributed by atoms with Gasteiger partial charge in [-0.2, -0.15) is 20.2 Å². The maximum absolute atomic E-state index is 14.6. The molecular weight excluding hydrogens is 519 g/mol. The number of aromatic nitrogens is 6. The van der Waals surface area contributed by atoms with Crippen molar-refractivity contribution in [3.8, 4) is 23.2 Å². The van der Waals surface area contributed by atoms with Gasteiger partial charge in [0, 0.05) is 11.6 Å². The third-order valence-electron chi connectivity index (χ3n) is 4.49. The first-order valence-electron chi connectivity index (χ1n) is 9.45. The van der Waals surface area contributed by atoms with E-state index in [4.69, 9.17) is 25.8 Å². The lowest BCUT2D eigenvalue weighted by molar-refractivity contribution is 0.0781. The fourth-order valence-corrected chi connectivity index (χ4v) is 4.42. The van der Waals surface area contributed by atoms with E-state index < -0.39 is 34.8 Å². The molecule has 0 spiro atoms. The SMILES string of the molecule is COc1nc(NS(=O)(=O)c2c[nH]c3c(-n4nccn4)c(Cl)c(F)cc23)nc(OC)c1OCC(F)F. The van der Waals surface area contributed by atoms with Crippen molar-refractivity contribution in [3.05, 3.63) is 35.5 Å². The molecule has 0 amide bonds. The van der Waals surface area contributed by atoms with E-state index in [9.17, 15) is 21.6 Å². The summed E-state index contributed by atoms with van der Waals surface area (Å²) >= 11 is 6.08. The number of rotatable bonds is 9. The van der Waals surface area contributed by atoms with Crippen LogP contribution in [0, 0.1) is 5.82 Å². The van der Waals surface area contributed by atoms with Crippen LogP contribution in [0.5, 0.6) is 17.5 Å². The number of nitrogens with one attached hydrogen (secondary N) is 2. The fourth-order valence-electron chi connectivity index (χ4n) is 3.09. The minimum absolute atomic E-state index is 0.00626. The Morgan fingerprint density at radius 3 is 2.37 bits per heavy atom. The Balaban J connectivity index is 1.77. The van der Waals surface area contributed by atoms with Crippen LogP contribution < -0.4 is 18.9 Å². The van der Waals surface area contributed by atoms with Gasteiger partial charge in [-0.1, -0.05) is 11.6 Å². The molecule has 4 rings (SSSR count). The van der Waals surface area contributed by atoms with Crippen LogP contribution in [-0.2, 0) is 10.0 Å². The molecule has 1 aromatic carbocycles. The highest BCUT2D eigenvalue weighted by molar-refractivity contribution is 7.93. The van der Waals surface area contributed by atoms with Crippen LogP contribution in [0.3, 0.4) is 0 Å². The number of aromatic amines is 1. The molecular formula is C18H15ClF3N7O5S. The second-order valence-corrected chi connectivity index (χ2v) is 8.65. The van der Waals surface area contributed by atoms with Crippen LogP contribution in [0.2, 0.25) is 5.02 Å².